The summed E-state index contributed by atoms with van der Waals surface area (Å²) in [5, 5.41) is 4.97. The highest BCUT2D eigenvalue weighted by atomic mass is 32.1. The minimum Gasteiger partial charge on any atom is -0.487 e. The fraction of sp³-hybridized carbons (Fsp3) is 0.471. The van der Waals surface area contributed by atoms with Crippen LogP contribution in [0.1, 0.15) is 24.3 Å². The summed E-state index contributed by atoms with van der Waals surface area (Å²) in [6, 6.07) is 9.58. The highest BCUT2D eigenvalue weighted by molar-refractivity contribution is 7.14. The number of rotatable bonds is 13. The molecule has 0 aliphatic carbocycles. The van der Waals surface area contributed by atoms with Gasteiger partial charge in [0.25, 0.3) is 5.91 Å². The molecule has 3 aliphatic heterocycles. The summed E-state index contributed by atoms with van der Waals surface area (Å²) in [6.45, 7) is 6.39. The van der Waals surface area contributed by atoms with Crippen molar-refractivity contribution in [3.05, 3.63) is 59.0 Å². The number of hydrogen-bond acceptors (Lipinski definition) is 11. The number of benzene rings is 2. The SMILES string of the molecule is O=C1CCC(c2ccc(OCC(=O)N3CCN(CCOCCOc4c(-c5csc(N6CCOCC6)n5)ccc(F)c4F)CC3)cc2)C(=O)N1. The molecule has 12 nitrogen and oxygen atoms in total. The van der Waals surface area contributed by atoms with E-state index in [1.807, 2.05) is 5.38 Å². The molecule has 1 atom stereocenters. The Morgan fingerprint density at radius 3 is 2.49 bits per heavy atom. The Morgan fingerprint density at radius 1 is 0.959 bits per heavy atom. The molecule has 1 N–H and O–H groups in total. The number of nitrogens with one attached hydrogen (secondary N) is 1. The van der Waals surface area contributed by atoms with Gasteiger partial charge in [-0.3, -0.25) is 24.6 Å². The molecule has 6 rings (SSSR count). The molecule has 0 spiro atoms. The van der Waals surface area contributed by atoms with E-state index in [0.29, 0.717) is 82.4 Å². The lowest BCUT2D eigenvalue weighted by molar-refractivity contribution is -0.135. The van der Waals surface area contributed by atoms with Crippen LogP contribution in [0.4, 0.5) is 13.9 Å². The Balaban J connectivity index is 0.879. The number of halogens is 2. The van der Waals surface area contributed by atoms with Crippen molar-refractivity contribution >= 4 is 34.2 Å². The van der Waals surface area contributed by atoms with Gasteiger partial charge in [0, 0.05) is 63.2 Å². The number of hydrogen-bond donors (Lipinski definition) is 1. The van der Waals surface area contributed by atoms with Gasteiger partial charge in [0.2, 0.25) is 17.6 Å². The molecule has 3 aromatic rings. The van der Waals surface area contributed by atoms with E-state index in [1.165, 1.54) is 17.4 Å². The van der Waals surface area contributed by atoms with Gasteiger partial charge in [-0.15, -0.1) is 11.3 Å². The van der Waals surface area contributed by atoms with Crippen LogP contribution in [0.15, 0.2) is 41.8 Å². The predicted molar refractivity (Wildman–Crippen MR) is 177 cm³/mol. The van der Waals surface area contributed by atoms with Crippen LogP contribution in [-0.2, 0) is 23.9 Å². The molecule has 3 aliphatic rings. The van der Waals surface area contributed by atoms with Crippen LogP contribution < -0.4 is 19.7 Å². The summed E-state index contributed by atoms with van der Waals surface area (Å²) in [5.41, 5.74) is 1.71. The molecule has 0 saturated carbocycles. The molecule has 49 heavy (non-hydrogen) atoms. The average molecular weight is 700 g/mol. The van der Waals surface area contributed by atoms with E-state index in [0.717, 1.165) is 29.9 Å². The monoisotopic (exact) mass is 699 g/mol. The first-order valence-electron chi connectivity index (χ1n) is 16.4. The maximum Gasteiger partial charge on any atom is 0.260 e. The van der Waals surface area contributed by atoms with Crippen LogP contribution in [0, 0.1) is 11.6 Å². The first-order chi connectivity index (χ1) is 23.9. The van der Waals surface area contributed by atoms with Crippen molar-refractivity contribution in [2.45, 2.75) is 18.8 Å². The lowest BCUT2D eigenvalue weighted by Crippen LogP contribution is -2.50. The maximum atomic E-state index is 14.8. The number of imide groups is 1. The van der Waals surface area contributed by atoms with E-state index in [2.05, 4.69) is 20.1 Å². The quantitative estimate of drug-likeness (QED) is 0.211. The zero-order valence-corrected chi connectivity index (χ0v) is 27.9. The second-order valence-corrected chi connectivity index (χ2v) is 12.7. The van der Waals surface area contributed by atoms with Gasteiger partial charge < -0.3 is 28.7 Å². The number of thiazole rings is 1. The minimum atomic E-state index is -1.06. The van der Waals surface area contributed by atoms with Crippen molar-refractivity contribution < 1.29 is 42.1 Å². The molecule has 0 bridgehead atoms. The normalized spacial score (nSPS) is 18.8. The minimum absolute atomic E-state index is 0.0375. The number of piperazine rings is 1. The van der Waals surface area contributed by atoms with Gasteiger partial charge in [-0.05, 0) is 36.2 Å². The van der Waals surface area contributed by atoms with E-state index in [1.54, 1.807) is 29.2 Å². The third-order valence-electron chi connectivity index (χ3n) is 8.73. The first-order valence-corrected chi connectivity index (χ1v) is 17.3. The van der Waals surface area contributed by atoms with Gasteiger partial charge in [0.1, 0.15) is 12.4 Å². The van der Waals surface area contributed by atoms with Crippen molar-refractivity contribution in [1.82, 2.24) is 20.1 Å². The molecular formula is C34H39F2N5O7S. The average Bonchev–Trinajstić information content (AvgIpc) is 3.62. The zero-order chi connectivity index (χ0) is 34.2. The molecule has 0 radical (unpaired) electrons. The van der Waals surface area contributed by atoms with E-state index in [-0.39, 0.29) is 49.2 Å². The summed E-state index contributed by atoms with van der Waals surface area (Å²) in [6.07, 6.45) is 0.783. The van der Waals surface area contributed by atoms with Gasteiger partial charge in [-0.1, -0.05) is 12.1 Å². The van der Waals surface area contributed by atoms with Crippen molar-refractivity contribution in [2.24, 2.45) is 0 Å². The fourth-order valence-electron chi connectivity index (χ4n) is 5.93. The molecular weight excluding hydrogens is 660 g/mol. The van der Waals surface area contributed by atoms with Gasteiger partial charge >= 0.3 is 0 Å². The van der Waals surface area contributed by atoms with E-state index in [9.17, 15) is 23.2 Å². The van der Waals surface area contributed by atoms with E-state index < -0.39 is 11.6 Å². The summed E-state index contributed by atoms with van der Waals surface area (Å²) in [5.74, 6) is -2.73. The molecule has 15 heteroatoms. The molecule has 4 heterocycles. The second-order valence-electron chi connectivity index (χ2n) is 11.9. The highest BCUT2D eigenvalue weighted by Crippen LogP contribution is 2.36. The van der Waals surface area contributed by atoms with Crippen LogP contribution >= 0.6 is 11.3 Å². The zero-order valence-electron chi connectivity index (χ0n) is 27.0. The lowest BCUT2D eigenvalue weighted by Gasteiger charge is -2.34. The molecule has 3 fully saturated rings. The van der Waals surface area contributed by atoms with E-state index >= 15 is 0 Å². The Bertz CT molecular complexity index is 1610. The second kappa shape index (κ2) is 16.5. The molecule has 262 valence electrons. The van der Waals surface area contributed by atoms with Crippen LogP contribution in [0.3, 0.4) is 0 Å². The number of morpholine rings is 1. The van der Waals surface area contributed by atoms with Crippen molar-refractivity contribution in [3.8, 4) is 22.8 Å². The predicted octanol–water partition coefficient (Wildman–Crippen LogP) is 3.06. The molecule has 1 unspecified atom stereocenters. The third-order valence-corrected chi connectivity index (χ3v) is 9.64. The molecule has 3 amide bonds. The van der Waals surface area contributed by atoms with Crippen molar-refractivity contribution in [1.29, 1.82) is 0 Å². The van der Waals surface area contributed by atoms with Crippen LogP contribution in [0.25, 0.3) is 11.3 Å². The highest BCUT2D eigenvalue weighted by Gasteiger charge is 2.28. The van der Waals surface area contributed by atoms with Gasteiger partial charge in [-0.25, -0.2) is 9.37 Å². The Labute approximate surface area is 286 Å². The standard InChI is InChI=1S/C34H39F2N5O7S/c35-27-7-5-26(28-22-49-34(37-28)41-14-17-45-18-15-41)32(31(27)36)47-20-19-46-16-13-39-9-11-40(12-10-39)30(43)21-48-24-3-1-23(2-4-24)25-6-8-29(42)38-33(25)44/h1-5,7,22,25H,6,8-21H2,(H,38,42,44). The first kappa shape index (κ1) is 34.7. The van der Waals surface area contributed by atoms with Crippen LogP contribution in [-0.4, -0.2) is 118 Å². The van der Waals surface area contributed by atoms with Crippen LogP contribution in [0.2, 0.25) is 0 Å². The summed E-state index contributed by atoms with van der Waals surface area (Å²) in [7, 11) is 0. The summed E-state index contributed by atoms with van der Waals surface area (Å²) < 4.78 is 51.4. The summed E-state index contributed by atoms with van der Waals surface area (Å²) >= 11 is 1.44. The van der Waals surface area contributed by atoms with Gasteiger partial charge in [-0.2, -0.15) is 4.39 Å². The maximum absolute atomic E-state index is 14.8. The van der Waals surface area contributed by atoms with Crippen molar-refractivity contribution in [3.63, 3.8) is 0 Å². The Morgan fingerprint density at radius 2 is 1.73 bits per heavy atom. The largest absolute Gasteiger partial charge is 0.487 e. The number of aromatic nitrogens is 1. The van der Waals surface area contributed by atoms with Gasteiger partial charge in [0.05, 0.1) is 38.0 Å². The number of carbonyl (C=O) groups excluding carboxylic acids is 3. The number of amides is 3. The third kappa shape index (κ3) is 8.90. The lowest BCUT2D eigenvalue weighted by atomic mass is 9.90. The number of nitrogens with zero attached hydrogens (tertiary/aromatic N) is 4. The van der Waals surface area contributed by atoms with Crippen LogP contribution in [0.5, 0.6) is 11.5 Å². The Kier molecular flexibility index (Phi) is 11.7. The van der Waals surface area contributed by atoms with E-state index in [4.69, 9.17) is 18.9 Å². The summed E-state index contributed by atoms with van der Waals surface area (Å²) in [4.78, 5) is 46.9. The Hall–Kier alpha value is -4.18. The number of piperidine rings is 1. The number of anilines is 1. The smallest absolute Gasteiger partial charge is 0.260 e. The number of carbonyl (C=O) groups is 3. The molecule has 3 saturated heterocycles. The fourth-order valence-corrected chi connectivity index (χ4v) is 6.81. The molecule has 2 aromatic carbocycles. The van der Waals surface area contributed by atoms with Gasteiger partial charge in [0.15, 0.2) is 23.3 Å². The number of ether oxygens (including phenoxy) is 4. The molecule has 1 aromatic heterocycles. The van der Waals surface area contributed by atoms with Crippen molar-refractivity contribution in [2.75, 3.05) is 90.4 Å². The topological polar surface area (TPSA) is 123 Å².